The quantitative estimate of drug-likeness (QED) is 0.846. The second-order valence-electron chi connectivity index (χ2n) is 3.14. The third kappa shape index (κ3) is 3.68. The van der Waals surface area contributed by atoms with Crippen molar-refractivity contribution in [2.75, 3.05) is 7.11 Å². The first-order valence-electron chi connectivity index (χ1n) is 4.50. The number of hydrogen-bond acceptors (Lipinski definition) is 4. The third-order valence-electron chi connectivity index (χ3n) is 1.83. The van der Waals surface area contributed by atoms with Crippen LogP contribution in [0.3, 0.4) is 0 Å². The summed E-state index contributed by atoms with van der Waals surface area (Å²) in [6, 6.07) is 0.883. The first-order valence-corrected chi connectivity index (χ1v) is 4.50. The van der Waals surface area contributed by atoms with Gasteiger partial charge >= 0.3 is 12.3 Å². The predicted molar refractivity (Wildman–Crippen MR) is 51.6 cm³/mol. The molecule has 1 aromatic heterocycles. The normalized spacial score (nSPS) is 11.1. The number of carboxylic acids is 1. The highest BCUT2D eigenvalue weighted by molar-refractivity contribution is 5.70. The number of carboxylic acid groups (broad SMARTS) is 1. The monoisotopic (exact) mass is 267 g/mol. The van der Waals surface area contributed by atoms with Crippen LogP contribution in [0.2, 0.25) is 0 Å². The van der Waals surface area contributed by atoms with Crippen LogP contribution in [0.25, 0.3) is 0 Å². The molecule has 1 aromatic rings. The summed E-state index contributed by atoms with van der Waals surface area (Å²) in [5.74, 6) is -2.64. The molecule has 2 N–H and O–H groups in total. The Bertz CT molecular complexity index is 508. The van der Waals surface area contributed by atoms with Gasteiger partial charge in [0.15, 0.2) is 5.75 Å². The zero-order chi connectivity index (χ0) is 13.9. The Hall–Kier alpha value is -2.19. The van der Waals surface area contributed by atoms with Crippen LogP contribution in [0.4, 0.5) is 13.2 Å². The van der Waals surface area contributed by atoms with Gasteiger partial charge in [-0.25, -0.2) is 0 Å². The molecule has 0 saturated carbocycles. The van der Waals surface area contributed by atoms with E-state index in [9.17, 15) is 22.8 Å². The fourth-order valence-electron chi connectivity index (χ4n) is 1.17. The van der Waals surface area contributed by atoms with Crippen LogP contribution >= 0.6 is 0 Å². The van der Waals surface area contributed by atoms with E-state index in [1.54, 1.807) is 4.98 Å². The van der Waals surface area contributed by atoms with Gasteiger partial charge in [-0.1, -0.05) is 0 Å². The number of halogens is 3. The maximum atomic E-state index is 12.0. The van der Waals surface area contributed by atoms with Gasteiger partial charge in [-0.2, -0.15) is 0 Å². The summed E-state index contributed by atoms with van der Waals surface area (Å²) in [5, 5.41) is 8.51. The van der Waals surface area contributed by atoms with Gasteiger partial charge in [0.25, 0.3) is 5.56 Å². The lowest BCUT2D eigenvalue weighted by Crippen LogP contribution is -2.23. The van der Waals surface area contributed by atoms with Gasteiger partial charge in [0, 0.05) is 5.56 Å². The number of ether oxygens (including phenoxy) is 2. The molecule has 0 aromatic carbocycles. The number of hydrogen-bond donors (Lipinski definition) is 2. The average Bonchev–Trinajstić information content (AvgIpc) is 2.19. The van der Waals surface area contributed by atoms with E-state index in [2.05, 4.69) is 9.47 Å². The smallest absolute Gasteiger partial charge is 0.491 e. The van der Waals surface area contributed by atoms with Gasteiger partial charge in [-0.3, -0.25) is 14.6 Å². The van der Waals surface area contributed by atoms with Crippen LogP contribution in [-0.2, 0) is 11.2 Å². The summed E-state index contributed by atoms with van der Waals surface area (Å²) in [7, 11) is 1.06. The number of methoxy groups -OCH3 is 1. The molecule has 1 rings (SSSR count). The Kier molecular flexibility index (Phi) is 3.84. The summed E-state index contributed by atoms with van der Waals surface area (Å²) in [6.45, 7) is 0. The van der Waals surface area contributed by atoms with Crippen molar-refractivity contribution in [1.29, 1.82) is 0 Å². The van der Waals surface area contributed by atoms with Crippen LogP contribution in [0.15, 0.2) is 10.9 Å². The Morgan fingerprint density at radius 3 is 2.56 bits per heavy atom. The first-order chi connectivity index (χ1) is 8.23. The highest BCUT2D eigenvalue weighted by Crippen LogP contribution is 2.29. The van der Waals surface area contributed by atoms with Gasteiger partial charge in [0.05, 0.1) is 13.5 Å². The topological polar surface area (TPSA) is 88.6 Å². The number of pyridine rings is 1. The molecule has 0 aliphatic rings. The lowest BCUT2D eigenvalue weighted by atomic mass is 10.2. The van der Waals surface area contributed by atoms with Gasteiger partial charge < -0.3 is 14.6 Å². The van der Waals surface area contributed by atoms with Crippen LogP contribution in [0.1, 0.15) is 5.56 Å². The van der Waals surface area contributed by atoms with Crippen molar-refractivity contribution in [1.82, 2.24) is 4.98 Å². The lowest BCUT2D eigenvalue weighted by Gasteiger charge is -2.12. The third-order valence-corrected chi connectivity index (χ3v) is 1.83. The number of carbonyl (C=O) groups is 1. The molecule has 0 bridgehead atoms. The molecule has 9 heteroatoms. The summed E-state index contributed by atoms with van der Waals surface area (Å²) in [6.07, 6.45) is -5.64. The Balaban J connectivity index is 3.18. The molecule has 0 fully saturated rings. The SMILES string of the molecule is COc1cc(CC(=O)O)c(=O)[nH]c1OC(F)(F)F. The molecule has 0 aliphatic carbocycles. The molecule has 0 radical (unpaired) electrons. The number of rotatable bonds is 4. The molecule has 1 heterocycles. The summed E-state index contributed by atoms with van der Waals surface area (Å²) >= 11 is 0. The van der Waals surface area contributed by atoms with Crippen molar-refractivity contribution in [3.63, 3.8) is 0 Å². The van der Waals surface area contributed by atoms with Gasteiger partial charge in [-0.05, 0) is 6.07 Å². The highest BCUT2D eigenvalue weighted by Gasteiger charge is 2.33. The predicted octanol–water partition coefficient (Wildman–Crippen LogP) is 0.909. The van der Waals surface area contributed by atoms with E-state index in [1.165, 1.54) is 0 Å². The number of nitrogens with one attached hydrogen (secondary N) is 1. The number of aromatic nitrogens is 1. The van der Waals surface area contributed by atoms with E-state index in [0.717, 1.165) is 13.2 Å². The fourth-order valence-corrected chi connectivity index (χ4v) is 1.17. The van der Waals surface area contributed by atoms with Crippen molar-refractivity contribution < 1.29 is 32.5 Å². The van der Waals surface area contributed by atoms with Crippen LogP contribution in [0.5, 0.6) is 11.6 Å². The standard InChI is InChI=1S/C9H8F3NO5/c1-17-5-2-4(3-6(14)15)7(16)13-8(5)18-9(10,11)12/h2H,3H2,1H3,(H,13,16)(H,14,15). The molecule has 0 aliphatic heterocycles. The molecule has 0 spiro atoms. The van der Waals surface area contributed by atoms with E-state index < -0.39 is 35.9 Å². The molecule has 18 heavy (non-hydrogen) atoms. The lowest BCUT2D eigenvalue weighted by molar-refractivity contribution is -0.276. The highest BCUT2D eigenvalue weighted by atomic mass is 19.4. The minimum atomic E-state index is -5.00. The maximum absolute atomic E-state index is 12.0. The molecule has 0 amide bonds. The molecule has 100 valence electrons. The average molecular weight is 267 g/mol. The summed E-state index contributed by atoms with van der Waals surface area (Å²) in [4.78, 5) is 23.5. The molecule has 0 saturated heterocycles. The number of aromatic amines is 1. The second kappa shape index (κ2) is 4.98. The largest absolute Gasteiger partial charge is 0.574 e. The minimum Gasteiger partial charge on any atom is -0.491 e. The van der Waals surface area contributed by atoms with E-state index >= 15 is 0 Å². The Morgan fingerprint density at radius 2 is 2.11 bits per heavy atom. The van der Waals surface area contributed by atoms with E-state index in [1.807, 2.05) is 0 Å². The van der Waals surface area contributed by atoms with E-state index in [4.69, 9.17) is 5.11 Å². The fraction of sp³-hybridized carbons (Fsp3) is 0.333. The maximum Gasteiger partial charge on any atom is 0.574 e. The van der Waals surface area contributed by atoms with E-state index in [0.29, 0.717) is 0 Å². The van der Waals surface area contributed by atoms with Crippen molar-refractivity contribution in [3.8, 4) is 11.6 Å². The van der Waals surface area contributed by atoms with E-state index in [-0.39, 0.29) is 5.56 Å². The van der Waals surface area contributed by atoms with Crippen LogP contribution < -0.4 is 15.0 Å². The number of aliphatic carboxylic acids is 1. The van der Waals surface area contributed by atoms with Crippen LogP contribution in [-0.4, -0.2) is 29.5 Å². The Morgan fingerprint density at radius 1 is 1.50 bits per heavy atom. The molecule has 0 unspecified atom stereocenters. The Labute approximate surface area is 98.0 Å². The molecule has 0 atom stereocenters. The van der Waals surface area contributed by atoms with Crippen molar-refractivity contribution in [3.05, 3.63) is 22.0 Å². The minimum absolute atomic E-state index is 0.242. The molecular weight excluding hydrogens is 259 g/mol. The van der Waals surface area contributed by atoms with Gasteiger partial charge in [-0.15, -0.1) is 13.2 Å². The zero-order valence-electron chi connectivity index (χ0n) is 9.00. The van der Waals surface area contributed by atoms with Gasteiger partial charge in [0.2, 0.25) is 5.88 Å². The summed E-state index contributed by atoms with van der Waals surface area (Å²) in [5.41, 5.74) is -1.23. The van der Waals surface area contributed by atoms with Crippen LogP contribution in [0, 0.1) is 0 Å². The second-order valence-corrected chi connectivity index (χ2v) is 3.14. The van der Waals surface area contributed by atoms with Crippen molar-refractivity contribution in [2.24, 2.45) is 0 Å². The van der Waals surface area contributed by atoms with Crippen molar-refractivity contribution in [2.45, 2.75) is 12.8 Å². The zero-order valence-corrected chi connectivity index (χ0v) is 9.00. The number of alkyl halides is 3. The van der Waals surface area contributed by atoms with Crippen molar-refractivity contribution >= 4 is 5.97 Å². The summed E-state index contributed by atoms with van der Waals surface area (Å²) < 4.78 is 44.1. The molecular formula is C9H8F3NO5. The molecule has 6 nitrogen and oxygen atoms in total. The number of H-pyrrole nitrogens is 1. The van der Waals surface area contributed by atoms with Gasteiger partial charge in [0.1, 0.15) is 0 Å². The first kappa shape index (κ1) is 13.9.